The van der Waals surface area contributed by atoms with Gasteiger partial charge in [0, 0.05) is 25.0 Å². The summed E-state index contributed by atoms with van der Waals surface area (Å²) < 4.78 is 19.0. The third kappa shape index (κ3) is 6.31. The van der Waals surface area contributed by atoms with Crippen LogP contribution in [-0.4, -0.2) is 53.6 Å². The highest BCUT2D eigenvalue weighted by molar-refractivity contribution is 7.98. The summed E-state index contributed by atoms with van der Waals surface area (Å²) in [5.41, 5.74) is 3.75. The van der Waals surface area contributed by atoms with E-state index in [4.69, 9.17) is 14.2 Å². The van der Waals surface area contributed by atoms with Crippen molar-refractivity contribution < 1.29 is 14.2 Å². The van der Waals surface area contributed by atoms with Gasteiger partial charge in [-0.15, -0.1) is 10.2 Å². The largest absolute Gasteiger partial charge is 0.497 e. The third-order valence-electron chi connectivity index (χ3n) is 6.10. The fraction of sp³-hybridized carbons (Fsp3) is 0.462. The molecule has 0 bridgehead atoms. The predicted octanol–water partition coefficient (Wildman–Crippen LogP) is 4.71. The number of ether oxygens (including phenoxy) is 3. The molecule has 182 valence electrons. The molecule has 0 aliphatic carbocycles. The summed E-state index contributed by atoms with van der Waals surface area (Å²) in [5.74, 6) is 3.41. The zero-order valence-corrected chi connectivity index (χ0v) is 21.3. The van der Waals surface area contributed by atoms with Crippen molar-refractivity contribution in [3.8, 4) is 11.5 Å². The number of aryl methyl sites for hydroxylation is 1. The molecule has 1 aromatic heterocycles. The highest BCUT2D eigenvalue weighted by atomic mass is 32.2. The van der Waals surface area contributed by atoms with E-state index in [-0.39, 0.29) is 6.10 Å². The van der Waals surface area contributed by atoms with Crippen molar-refractivity contribution in [3.05, 3.63) is 65.0 Å². The minimum atomic E-state index is 0.223. The monoisotopic (exact) mass is 482 g/mol. The molecule has 0 radical (unpaired) electrons. The average Bonchev–Trinajstić information content (AvgIpc) is 3.49. The second-order valence-corrected chi connectivity index (χ2v) is 9.70. The van der Waals surface area contributed by atoms with Crippen molar-refractivity contribution in [2.75, 3.05) is 27.9 Å². The molecular formula is C26H34N4O3S. The van der Waals surface area contributed by atoms with E-state index >= 15 is 0 Å². The van der Waals surface area contributed by atoms with E-state index in [9.17, 15) is 0 Å². The van der Waals surface area contributed by atoms with Gasteiger partial charge in [-0.05, 0) is 55.6 Å². The van der Waals surface area contributed by atoms with E-state index in [0.717, 1.165) is 66.3 Å². The van der Waals surface area contributed by atoms with Gasteiger partial charge in [0.15, 0.2) is 5.16 Å². The predicted molar refractivity (Wildman–Crippen MR) is 134 cm³/mol. The molecule has 0 saturated carbocycles. The molecule has 1 aliphatic rings. The lowest BCUT2D eigenvalue weighted by atomic mass is 10.1. The molecule has 2 aromatic carbocycles. The summed E-state index contributed by atoms with van der Waals surface area (Å²) in [7, 11) is 5.44. The van der Waals surface area contributed by atoms with Gasteiger partial charge in [0.2, 0.25) is 0 Å². The molecule has 0 amide bonds. The Kier molecular flexibility index (Phi) is 8.48. The first-order valence-corrected chi connectivity index (χ1v) is 12.7. The number of thioether (sulfide) groups is 1. The van der Waals surface area contributed by atoms with Crippen LogP contribution >= 0.6 is 11.8 Å². The van der Waals surface area contributed by atoms with Crippen LogP contribution < -0.4 is 9.47 Å². The van der Waals surface area contributed by atoms with E-state index in [1.54, 1.807) is 26.0 Å². The number of hydrogen-bond donors (Lipinski definition) is 0. The van der Waals surface area contributed by atoms with Crippen molar-refractivity contribution in [3.63, 3.8) is 0 Å². The lowest BCUT2D eigenvalue weighted by Gasteiger charge is -2.20. The highest BCUT2D eigenvalue weighted by Gasteiger charge is 2.22. The normalized spacial score (nSPS) is 15.7. The lowest BCUT2D eigenvalue weighted by Crippen LogP contribution is -2.23. The van der Waals surface area contributed by atoms with Gasteiger partial charge >= 0.3 is 0 Å². The Morgan fingerprint density at radius 3 is 2.53 bits per heavy atom. The Hall–Kier alpha value is -2.55. The lowest BCUT2D eigenvalue weighted by molar-refractivity contribution is 0.0934. The molecule has 0 spiro atoms. The molecule has 34 heavy (non-hydrogen) atoms. The molecule has 1 atom stereocenters. The Labute approximate surface area is 206 Å². The van der Waals surface area contributed by atoms with Crippen LogP contribution in [-0.2, 0) is 30.1 Å². The van der Waals surface area contributed by atoms with Crippen molar-refractivity contribution >= 4 is 11.8 Å². The number of benzene rings is 2. The average molecular weight is 483 g/mol. The van der Waals surface area contributed by atoms with Gasteiger partial charge in [-0.1, -0.05) is 36.0 Å². The molecule has 0 unspecified atom stereocenters. The fourth-order valence-corrected chi connectivity index (χ4v) is 5.24. The van der Waals surface area contributed by atoms with Gasteiger partial charge in [-0.3, -0.25) is 4.90 Å². The molecule has 1 aliphatic heterocycles. The number of nitrogens with zero attached hydrogens (tertiary/aromatic N) is 4. The summed E-state index contributed by atoms with van der Waals surface area (Å²) in [6, 6.07) is 14.5. The third-order valence-corrected chi connectivity index (χ3v) is 7.11. The van der Waals surface area contributed by atoms with Gasteiger partial charge in [0.25, 0.3) is 0 Å². The number of methoxy groups -OCH3 is 2. The maximum absolute atomic E-state index is 5.94. The first kappa shape index (κ1) is 24.6. The van der Waals surface area contributed by atoms with Crippen LogP contribution in [0.3, 0.4) is 0 Å². The van der Waals surface area contributed by atoms with Crippen LogP contribution in [0.4, 0.5) is 0 Å². The standard InChI is InChI=1S/C26H34N4O3S/c1-19-8-5-6-9-21(19)18-34-26-28-27-25(30(26)16-22-10-7-11-33-22)17-29(2)15-20-12-23(31-3)14-24(13-20)32-4/h5-6,8-9,12-14,22H,7,10-11,15-18H2,1-4H3/t22-/m0/s1. The quantitative estimate of drug-likeness (QED) is 0.367. The Bertz CT molecular complexity index is 1060. The van der Waals surface area contributed by atoms with Crippen LogP contribution in [0.1, 0.15) is 35.4 Å². The maximum atomic E-state index is 5.94. The Morgan fingerprint density at radius 1 is 1.09 bits per heavy atom. The fourth-order valence-electron chi connectivity index (χ4n) is 4.20. The van der Waals surface area contributed by atoms with Crippen molar-refractivity contribution in [2.45, 2.75) is 56.4 Å². The zero-order chi connectivity index (χ0) is 23.9. The van der Waals surface area contributed by atoms with E-state index in [2.05, 4.69) is 57.9 Å². The Morgan fingerprint density at radius 2 is 1.85 bits per heavy atom. The summed E-state index contributed by atoms with van der Waals surface area (Å²) in [6.07, 6.45) is 2.42. The minimum Gasteiger partial charge on any atom is -0.497 e. The first-order valence-electron chi connectivity index (χ1n) is 11.7. The Balaban J connectivity index is 1.49. The van der Waals surface area contributed by atoms with Crippen LogP contribution in [0.25, 0.3) is 0 Å². The van der Waals surface area contributed by atoms with Crippen molar-refractivity contribution in [1.82, 2.24) is 19.7 Å². The van der Waals surface area contributed by atoms with Gasteiger partial charge in [-0.25, -0.2) is 0 Å². The number of aromatic nitrogens is 3. The van der Waals surface area contributed by atoms with Gasteiger partial charge in [0.05, 0.1) is 33.4 Å². The zero-order valence-electron chi connectivity index (χ0n) is 20.5. The van der Waals surface area contributed by atoms with Gasteiger partial charge in [0.1, 0.15) is 17.3 Å². The van der Waals surface area contributed by atoms with Gasteiger partial charge in [-0.2, -0.15) is 0 Å². The summed E-state index contributed by atoms with van der Waals surface area (Å²) in [5, 5.41) is 10.1. The second kappa shape index (κ2) is 11.7. The number of hydrogen-bond acceptors (Lipinski definition) is 7. The summed E-state index contributed by atoms with van der Waals surface area (Å²) in [6.45, 7) is 5.21. The second-order valence-electron chi connectivity index (χ2n) is 8.75. The van der Waals surface area contributed by atoms with Crippen LogP contribution in [0.5, 0.6) is 11.5 Å². The first-order chi connectivity index (χ1) is 16.6. The molecule has 8 heteroatoms. The minimum absolute atomic E-state index is 0.223. The molecule has 4 rings (SSSR count). The molecule has 1 saturated heterocycles. The molecular weight excluding hydrogens is 448 g/mol. The molecule has 7 nitrogen and oxygen atoms in total. The highest BCUT2D eigenvalue weighted by Crippen LogP contribution is 2.27. The molecule has 3 aromatic rings. The molecule has 0 N–H and O–H groups in total. The molecule has 1 fully saturated rings. The molecule has 2 heterocycles. The van der Waals surface area contributed by atoms with Crippen molar-refractivity contribution in [2.24, 2.45) is 0 Å². The van der Waals surface area contributed by atoms with Crippen LogP contribution in [0.2, 0.25) is 0 Å². The van der Waals surface area contributed by atoms with E-state index in [1.807, 2.05) is 18.2 Å². The van der Waals surface area contributed by atoms with Gasteiger partial charge < -0.3 is 18.8 Å². The van der Waals surface area contributed by atoms with Crippen LogP contribution in [0.15, 0.2) is 47.6 Å². The summed E-state index contributed by atoms with van der Waals surface area (Å²) in [4.78, 5) is 2.24. The van der Waals surface area contributed by atoms with Crippen molar-refractivity contribution in [1.29, 1.82) is 0 Å². The van der Waals surface area contributed by atoms with E-state index < -0.39 is 0 Å². The smallest absolute Gasteiger partial charge is 0.191 e. The maximum Gasteiger partial charge on any atom is 0.191 e. The van der Waals surface area contributed by atoms with Crippen LogP contribution in [0, 0.1) is 6.92 Å². The topological polar surface area (TPSA) is 61.6 Å². The van der Waals surface area contributed by atoms with E-state index in [0.29, 0.717) is 6.54 Å². The SMILES string of the molecule is COc1cc(CN(C)Cc2nnc(SCc3ccccc3C)n2C[C@@H]2CCCO2)cc(OC)c1. The number of rotatable bonds is 11. The van der Waals surface area contributed by atoms with E-state index in [1.165, 1.54) is 11.1 Å². The summed E-state index contributed by atoms with van der Waals surface area (Å²) >= 11 is 1.74.